The predicted molar refractivity (Wildman–Crippen MR) is 97.2 cm³/mol. The van der Waals surface area contributed by atoms with Crippen LogP contribution in [0.1, 0.15) is 22.5 Å². The molecule has 8 nitrogen and oxygen atoms in total. The maximum absolute atomic E-state index is 13.7. The summed E-state index contributed by atoms with van der Waals surface area (Å²) in [4.78, 5) is 24.9. The second-order valence-electron chi connectivity index (χ2n) is 6.50. The molecule has 29 heavy (non-hydrogen) atoms. The van der Waals surface area contributed by atoms with Crippen LogP contribution in [-0.4, -0.2) is 55.6 Å². The molecule has 0 saturated carbocycles. The third-order valence-electron chi connectivity index (χ3n) is 4.63. The number of hydrogen-bond acceptors (Lipinski definition) is 5. The second-order valence-corrected chi connectivity index (χ2v) is 8.37. The molecule has 0 unspecified atom stereocenters. The first-order valence-electron chi connectivity index (χ1n) is 8.80. The van der Waals surface area contributed by atoms with Gasteiger partial charge in [-0.15, -0.1) is 0 Å². The van der Waals surface area contributed by atoms with Crippen LogP contribution in [0.25, 0.3) is 0 Å². The van der Waals surface area contributed by atoms with Crippen LogP contribution in [-0.2, 0) is 21.2 Å². The predicted octanol–water partition coefficient (Wildman–Crippen LogP) is 1.12. The maximum Gasteiger partial charge on any atom is 0.284 e. The van der Waals surface area contributed by atoms with E-state index in [2.05, 4.69) is 0 Å². The summed E-state index contributed by atoms with van der Waals surface area (Å²) < 4.78 is 58.2. The molecule has 1 aliphatic rings. The number of sulfonamides is 1. The number of hydrogen-bond donors (Lipinski definition) is 1. The van der Waals surface area contributed by atoms with Crippen LogP contribution in [0.3, 0.4) is 0 Å². The number of furan rings is 1. The highest BCUT2D eigenvalue weighted by Crippen LogP contribution is 2.21. The molecule has 1 aromatic heterocycles. The zero-order chi connectivity index (χ0) is 21.2. The van der Waals surface area contributed by atoms with E-state index in [0.29, 0.717) is 0 Å². The fraction of sp³-hybridized carbons (Fsp3) is 0.333. The van der Waals surface area contributed by atoms with Crippen molar-refractivity contribution < 1.29 is 31.2 Å². The number of aryl methyl sites for hydroxylation is 1. The van der Waals surface area contributed by atoms with Gasteiger partial charge in [0.05, 0.1) is 0 Å². The van der Waals surface area contributed by atoms with Gasteiger partial charge in [-0.2, -0.15) is 4.31 Å². The maximum atomic E-state index is 13.7. The minimum Gasteiger partial charge on any atom is -0.438 e. The number of nitrogens with zero attached hydrogens (tertiary/aromatic N) is 2. The average Bonchev–Trinajstić information content (AvgIpc) is 3.20. The molecule has 0 aliphatic carbocycles. The van der Waals surface area contributed by atoms with E-state index < -0.39 is 32.7 Å². The number of primary amides is 1. The molecular formula is C18H19F2N3O5S. The largest absolute Gasteiger partial charge is 0.438 e. The molecular weight excluding hydrogens is 408 g/mol. The highest BCUT2D eigenvalue weighted by molar-refractivity contribution is 7.89. The van der Waals surface area contributed by atoms with E-state index in [1.54, 1.807) is 0 Å². The Hall–Kier alpha value is -2.79. The number of carbonyl (C=O) groups is 2. The van der Waals surface area contributed by atoms with Crippen molar-refractivity contribution in [1.82, 2.24) is 9.21 Å². The molecule has 2 N–H and O–H groups in total. The number of benzene rings is 1. The van der Waals surface area contributed by atoms with Crippen molar-refractivity contribution in [3.8, 4) is 0 Å². The first-order valence-corrected chi connectivity index (χ1v) is 10.2. The number of piperazine rings is 1. The summed E-state index contributed by atoms with van der Waals surface area (Å²) in [5.74, 6) is -2.58. The van der Waals surface area contributed by atoms with E-state index in [1.807, 2.05) is 0 Å². The van der Waals surface area contributed by atoms with Crippen molar-refractivity contribution in [2.75, 3.05) is 26.2 Å². The highest BCUT2D eigenvalue weighted by atomic mass is 32.2. The second kappa shape index (κ2) is 8.29. The lowest BCUT2D eigenvalue weighted by Crippen LogP contribution is -2.50. The van der Waals surface area contributed by atoms with Gasteiger partial charge in [0, 0.05) is 32.6 Å². The van der Waals surface area contributed by atoms with Gasteiger partial charge in [0.15, 0.2) is 5.76 Å². The van der Waals surface area contributed by atoms with E-state index in [1.165, 1.54) is 11.0 Å². The van der Waals surface area contributed by atoms with Crippen molar-refractivity contribution in [2.45, 2.75) is 17.9 Å². The van der Waals surface area contributed by atoms with E-state index in [0.717, 1.165) is 28.6 Å². The molecule has 1 fully saturated rings. The summed E-state index contributed by atoms with van der Waals surface area (Å²) in [6.07, 6.45) is 0.0243. The van der Waals surface area contributed by atoms with Crippen molar-refractivity contribution in [3.05, 3.63) is 53.3 Å². The summed E-state index contributed by atoms with van der Waals surface area (Å²) in [6.45, 7) is 0.365. The Morgan fingerprint density at radius 2 is 1.76 bits per heavy atom. The number of carbonyl (C=O) groups excluding carboxylic acids is 2. The van der Waals surface area contributed by atoms with Gasteiger partial charge in [0.25, 0.3) is 15.9 Å². The van der Waals surface area contributed by atoms with Gasteiger partial charge in [-0.3, -0.25) is 9.59 Å². The fourth-order valence-corrected chi connectivity index (χ4v) is 4.36. The monoisotopic (exact) mass is 427 g/mol. The van der Waals surface area contributed by atoms with Crippen LogP contribution in [0.2, 0.25) is 0 Å². The Labute approximate surface area is 165 Å². The van der Waals surface area contributed by atoms with Crippen LogP contribution in [0.15, 0.2) is 39.8 Å². The standard InChI is InChI=1S/C18H19F2N3O5S/c19-13-2-3-14(20)12(11-13)1-5-16(24)22-7-9-23(10-8-22)29(26,27)17-6-4-15(28-17)18(21)25/h2-4,6,11H,1,5,7-10H2,(H2,21,25). The topological polar surface area (TPSA) is 114 Å². The van der Waals surface area contributed by atoms with Gasteiger partial charge in [0.1, 0.15) is 11.6 Å². The molecule has 0 bridgehead atoms. The lowest BCUT2D eigenvalue weighted by atomic mass is 10.1. The molecule has 0 atom stereocenters. The van der Waals surface area contributed by atoms with Gasteiger partial charge in [-0.1, -0.05) is 0 Å². The lowest BCUT2D eigenvalue weighted by molar-refractivity contribution is -0.132. The van der Waals surface area contributed by atoms with Crippen LogP contribution in [0.4, 0.5) is 8.78 Å². The van der Waals surface area contributed by atoms with Crippen LogP contribution < -0.4 is 5.73 Å². The summed E-state index contributed by atoms with van der Waals surface area (Å²) >= 11 is 0. The molecule has 2 amide bonds. The third kappa shape index (κ3) is 4.62. The Balaban J connectivity index is 1.57. The van der Waals surface area contributed by atoms with Crippen LogP contribution in [0, 0.1) is 11.6 Å². The third-order valence-corrected chi connectivity index (χ3v) is 6.40. The molecule has 0 radical (unpaired) electrons. The van der Waals surface area contributed by atoms with Gasteiger partial charge < -0.3 is 15.1 Å². The Morgan fingerprint density at radius 3 is 2.38 bits per heavy atom. The van der Waals surface area contributed by atoms with E-state index >= 15 is 0 Å². The molecule has 11 heteroatoms. The minimum absolute atomic E-state index is 0.0206. The Kier molecular flexibility index (Phi) is 5.99. The summed E-state index contributed by atoms with van der Waals surface area (Å²) in [7, 11) is -3.96. The zero-order valence-electron chi connectivity index (χ0n) is 15.3. The van der Waals surface area contributed by atoms with Crippen molar-refractivity contribution in [1.29, 1.82) is 0 Å². The Bertz CT molecular complexity index is 1030. The van der Waals surface area contributed by atoms with Gasteiger partial charge in [-0.05, 0) is 42.3 Å². The van der Waals surface area contributed by atoms with E-state index in [-0.39, 0.29) is 56.3 Å². The van der Waals surface area contributed by atoms with Gasteiger partial charge >= 0.3 is 0 Å². The Morgan fingerprint density at radius 1 is 1.07 bits per heavy atom. The first kappa shape index (κ1) is 20.9. The molecule has 3 rings (SSSR count). The number of amides is 2. The van der Waals surface area contributed by atoms with Crippen molar-refractivity contribution >= 4 is 21.8 Å². The SMILES string of the molecule is NC(=O)c1ccc(S(=O)(=O)N2CCN(C(=O)CCc3cc(F)ccc3F)CC2)o1. The normalized spacial score (nSPS) is 15.4. The average molecular weight is 427 g/mol. The molecule has 2 aromatic rings. The van der Waals surface area contributed by atoms with E-state index in [9.17, 15) is 26.8 Å². The smallest absolute Gasteiger partial charge is 0.284 e. The molecule has 0 spiro atoms. The summed E-state index contributed by atoms with van der Waals surface area (Å²) in [5, 5.41) is -0.396. The fourth-order valence-electron chi connectivity index (χ4n) is 3.03. The highest BCUT2D eigenvalue weighted by Gasteiger charge is 2.32. The minimum atomic E-state index is -3.96. The van der Waals surface area contributed by atoms with Crippen LogP contribution in [0.5, 0.6) is 0 Å². The van der Waals surface area contributed by atoms with Gasteiger partial charge in [0.2, 0.25) is 11.0 Å². The summed E-state index contributed by atoms with van der Waals surface area (Å²) in [5.41, 5.74) is 5.17. The molecule has 156 valence electrons. The number of halogens is 2. The summed E-state index contributed by atoms with van der Waals surface area (Å²) in [6, 6.07) is 5.40. The molecule has 2 heterocycles. The van der Waals surface area contributed by atoms with E-state index in [4.69, 9.17) is 10.2 Å². The molecule has 1 aromatic carbocycles. The lowest BCUT2D eigenvalue weighted by Gasteiger charge is -2.33. The van der Waals surface area contributed by atoms with Crippen molar-refractivity contribution in [3.63, 3.8) is 0 Å². The first-order chi connectivity index (χ1) is 13.7. The molecule has 1 aliphatic heterocycles. The zero-order valence-corrected chi connectivity index (χ0v) is 16.1. The number of rotatable bonds is 6. The molecule has 1 saturated heterocycles. The number of nitrogens with two attached hydrogens (primary N) is 1. The van der Waals surface area contributed by atoms with Gasteiger partial charge in [-0.25, -0.2) is 17.2 Å². The van der Waals surface area contributed by atoms with Crippen molar-refractivity contribution in [2.24, 2.45) is 5.73 Å². The quantitative estimate of drug-likeness (QED) is 0.742. The van der Waals surface area contributed by atoms with Crippen LogP contribution >= 0.6 is 0 Å².